The SMILES string of the molecule is Cc1cc(F)c2nc(C(F)F)cc(NN)c2c1. The van der Waals surface area contributed by atoms with Crippen LogP contribution in [0.25, 0.3) is 10.9 Å². The van der Waals surface area contributed by atoms with Crippen LogP contribution in [-0.2, 0) is 0 Å². The van der Waals surface area contributed by atoms with Crippen LogP contribution in [-0.4, -0.2) is 4.98 Å². The summed E-state index contributed by atoms with van der Waals surface area (Å²) in [5.41, 5.74) is 2.56. The Morgan fingerprint density at radius 3 is 2.59 bits per heavy atom. The van der Waals surface area contributed by atoms with Gasteiger partial charge in [-0.3, -0.25) is 5.84 Å². The van der Waals surface area contributed by atoms with Crippen molar-refractivity contribution >= 4 is 16.6 Å². The zero-order chi connectivity index (χ0) is 12.6. The molecule has 2 rings (SSSR count). The summed E-state index contributed by atoms with van der Waals surface area (Å²) in [6, 6.07) is 3.99. The van der Waals surface area contributed by atoms with Gasteiger partial charge in [0.1, 0.15) is 17.0 Å². The van der Waals surface area contributed by atoms with Crippen molar-refractivity contribution in [2.75, 3.05) is 5.43 Å². The zero-order valence-corrected chi connectivity index (χ0v) is 8.97. The summed E-state index contributed by atoms with van der Waals surface area (Å²) in [6.07, 6.45) is -2.77. The van der Waals surface area contributed by atoms with E-state index in [1.54, 1.807) is 13.0 Å². The highest BCUT2D eigenvalue weighted by Crippen LogP contribution is 2.29. The number of hydrazine groups is 1. The number of aromatic nitrogens is 1. The van der Waals surface area contributed by atoms with E-state index >= 15 is 0 Å². The van der Waals surface area contributed by atoms with E-state index in [0.717, 1.165) is 6.07 Å². The first-order valence-corrected chi connectivity index (χ1v) is 4.88. The fourth-order valence-electron chi connectivity index (χ4n) is 1.67. The lowest BCUT2D eigenvalue weighted by Gasteiger charge is -2.10. The Balaban J connectivity index is 2.82. The molecule has 1 heterocycles. The second-order valence-corrected chi connectivity index (χ2v) is 3.68. The van der Waals surface area contributed by atoms with E-state index in [0.29, 0.717) is 10.9 Å². The minimum absolute atomic E-state index is 0.110. The monoisotopic (exact) mass is 241 g/mol. The predicted molar refractivity (Wildman–Crippen MR) is 59.2 cm³/mol. The molecule has 0 bridgehead atoms. The highest BCUT2D eigenvalue weighted by molar-refractivity contribution is 5.92. The number of nitrogens with two attached hydrogens (primary N) is 1. The van der Waals surface area contributed by atoms with Crippen molar-refractivity contribution in [3.05, 3.63) is 35.3 Å². The standard InChI is InChI=1S/C11H10F3N3/c1-5-2-6-8(17-15)4-9(11(13)14)16-10(6)7(12)3-5/h2-4,11H,15H2,1H3,(H,16,17). The van der Waals surface area contributed by atoms with Gasteiger partial charge in [-0.2, -0.15) is 0 Å². The van der Waals surface area contributed by atoms with Gasteiger partial charge in [-0.25, -0.2) is 18.2 Å². The second kappa shape index (κ2) is 4.21. The van der Waals surface area contributed by atoms with Crippen LogP contribution in [0.5, 0.6) is 0 Å². The molecule has 6 heteroatoms. The van der Waals surface area contributed by atoms with Gasteiger partial charge in [0, 0.05) is 5.39 Å². The number of rotatable bonds is 2. The number of aryl methyl sites for hydroxylation is 1. The van der Waals surface area contributed by atoms with E-state index in [1.165, 1.54) is 6.07 Å². The lowest BCUT2D eigenvalue weighted by Crippen LogP contribution is -2.09. The maximum atomic E-state index is 13.6. The molecule has 3 N–H and O–H groups in total. The van der Waals surface area contributed by atoms with Gasteiger partial charge in [0.25, 0.3) is 6.43 Å². The van der Waals surface area contributed by atoms with Gasteiger partial charge in [0.2, 0.25) is 0 Å². The molecule has 0 atom stereocenters. The number of nitrogen functional groups attached to an aromatic ring is 1. The van der Waals surface area contributed by atoms with Crippen LogP contribution in [0.4, 0.5) is 18.9 Å². The summed E-state index contributed by atoms with van der Waals surface area (Å²) in [7, 11) is 0. The fraction of sp³-hybridized carbons (Fsp3) is 0.182. The summed E-state index contributed by atoms with van der Waals surface area (Å²) in [5.74, 6) is 4.60. The zero-order valence-electron chi connectivity index (χ0n) is 8.97. The third-order valence-electron chi connectivity index (χ3n) is 2.41. The quantitative estimate of drug-likeness (QED) is 0.627. The van der Waals surface area contributed by atoms with E-state index < -0.39 is 17.9 Å². The fourth-order valence-corrected chi connectivity index (χ4v) is 1.67. The van der Waals surface area contributed by atoms with Crippen molar-refractivity contribution in [2.45, 2.75) is 13.3 Å². The van der Waals surface area contributed by atoms with E-state index in [1.807, 2.05) is 0 Å². The van der Waals surface area contributed by atoms with E-state index in [4.69, 9.17) is 5.84 Å². The maximum absolute atomic E-state index is 13.6. The van der Waals surface area contributed by atoms with Crippen molar-refractivity contribution in [2.24, 2.45) is 5.84 Å². The third-order valence-corrected chi connectivity index (χ3v) is 2.41. The van der Waals surface area contributed by atoms with E-state index in [9.17, 15) is 13.2 Å². The number of alkyl halides is 2. The Kier molecular flexibility index (Phi) is 2.89. The van der Waals surface area contributed by atoms with E-state index in [-0.39, 0.29) is 11.2 Å². The summed E-state index contributed by atoms with van der Waals surface area (Å²) >= 11 is 0. The molecule has 1 aromatic carbocycles. The molecule has 0 aliphatic heterocycles. The molecule has 17 heavy (non-hydrogen) atoms. The summed E-state index contributed by atoms with van der Waals surface area (Å²) in [5, 5.41) is 0.384. The topological polar surface area (TPSA) is 50.9 Å². The van der Waals surface area contributed by atoms with Crippen molar-refractivity contribution in [3.63, 3.8) is 0 Å². The minimum Gasteiger partial charge on any atom is -0.323 e. The van der Waals surface area contributed by atoms with Crippen molar-refractivity contribution < 1.29 is 13.2 Å². The molecule has 1 aromatic heterocycles. The number of pyridine rings is 1. The van der Waals surface area contributed by atoms with Gasteiger partial charge in [0.15, 0.2) is 0 Å². The van der Waals surface area contributed by atoms with Gasteiger partial charge >= 0.3 is 0 Å². The Bertz CT molecular complexity index is 569. The number of benzene rings is 1. The molecule has 3 nitrogen and oxygen atoms in total. The molecule has 0 saturated carbocycles. The largest absolute Gasteiger partial charge is 0.323 e. The van der Waals surface area contributed by atoms with Crippen LogP contribution >= 0.6 is 0 Å². The highest BCUT2D eigenvalue weighted by Gasteiger charge is 2.15. The minimum atomic E-state index is -2.77. The first-order chi connectivity index (χ1) is 8.02. The maximum Gasteiger partial charge on any atom is 0.280 e. The molecule has 0 saturated heterocycles. The number of anilines is 1. The molecule has 0 aliphatic rings. The van der Waals surface area contributed by atoms with Crippen molar-refractivity contribution in [1.82, 2.24) is 4.98 Å². The van der Waals surface area contributed by atoms with Crippen LogP contribution in [0.3, 0.4) is 0 Å². The Hall–Kier alpha value is -1.82. The van der Waals surface area contributed by atoms with Gasteiger partial charge in [0.05, 0.1) is 5.69 Å². The van der Waals surface area contributed by atoms with Crippen molar-refractivity contribution in [1.29, 1.82) is 0 Å². The van der Waals surface area contributed by atoms with Gasteiger partial charge in [-0.05, 0) is 30.7 Å². The molecule has 0 spiro atoms. The van der Waals surface area contributed by atoms with Gasteiger partial charge in [-0.15, -0.1) is 0 Å². The molecular weight excluding hydrogens is 231 g/mol. The molecule has 0 fully saturated rings. The van der Waals surface area contributed by atoms with Crippen LogP contribution in [0.2, 0.25) is 0 Å². The number of halogens is 3. The number of nitrogens with one attached hydrogen (secondary N) is 1. The smallest absolute Gasteiger partial charge is 0.280 e. The number of fused-ring (bicyclic) bond motifs is 1. The van der Waals surface area contributed by atoms with Gasteiger partial charge < -0.3 is 5.43 Å². The predicted octanol–water partition coefficient (Wildman–Crippen LogP) is 2.91. The molecule has 90 valence electrons. The van der Waals surface area contributed by atoms with Crippen LogP contribution in [0, 0.1) is 12.7 Å². The highest BCUT2D eigenvalue weighted by atomic mass is 19.3. The lowest BCUT2D eigenvalue weighted by atomic mass is 10.1. The Morgan fingerprint density at radius 1 is 1.29 bits per heavy atom. The number of hydrogen-bond acceptors (Lipinski definition) is 3. The third kappa shape index (κ3) is 2.03. The number of hydrogen-bond donors (Lipinski definition) is 2. The second-order valence-electron chi connectivity index (χ2n) is 3.68. The molecule has 2 aromatic rings. The first-order valence-electron chi connectivity index (χ1n) is 4.88. The van der Waals surface area contributed by atoms with Crippen molar-refractivity contribution in [3.8, 4) is 0 Å². The summed E-state index contributed by atoms with van der Waals surface area (Å²) in [4.78, 5) is 3.60. The van der Waals surface area contributed by atoms with E-state index in [2.05, 4.69) is 10.4 Å². The average Bonchev–Trinajstić information content (AvgIpc) is 2.27. The lowest BCUT2D eigenvalue weighted by molar-refractivity contribution is 0.146. The Morgan fingerprint density at radius 2 is 2.00 bits per heavy atom. The molecular formula is C11H10F3N3. The van der Waals surface area contributed by atoms with Crippen LogP contribution in [0.1, 0.15) is 17.7 Å². The number of nitrogens with zero attached hydrogens (tertiary/aromatic N) is 1. The van der Waals surface area contributed by atoms with Crippen LogP contribution < -0.4 is 11.3 Å². The first kappa shape index (κ1) is 11.7. The molecule has 0 amide bonds. The normalized spacial score (nSPS) is 11.2. The molecule has 0 radical (unpaired) electrons. The Labute approximate surface area is 95.4 Å². The van der Waals surface area contributed by atoms with Gasteiger partial charge in [-0.1, -0.05) is 0 Å². The molecule has 0 aliphatic carbocycles. The summed E-state index contributed by atoms with van der Waals surface area (Å²) in [6.45, 7) is 1.70. The summed E-state index contributed by atoms with van der Waals surface area (Å²) < 4.78 is 38.8. The van der Waals surface area contributed by atoms with Crippen LogP contribution in [0.15, 0.2) is 18.2 Å². The average molecular weight is 241 g/mol. The molecule has 0 unspecified atom stereocenters.